The van der Waals surface area contributed by atoms with Gasteiger partial charge in [-0.05, 0) is 7.05 Å². The Labute approximate surface area is 80.3 Å². The number of hydrogen-bond acceptors (Lipinski definition) is 4. The second-order valence-electron chi connectivity index (χ2n) is 3.24. The summed E-state index contributed by atoms with van der Waals surface area (Å²) in [6, 6.07) is 0. The van der Waals surface area contributed by atoms with E-state index < -0.39 is 0 Å². The fourth-order valence-corrected chi connectivity index (χ4v) is 1.13. The van der Waals surface area contributed by atoms with Gasteiger partial charge in [-0.1, -0.05) is 6.08 Å². The van der Waals surface area contributed by atoms with E-state index in [2.05, 4.69) is 11.9 Å². The molecule has 13 heavy (non-hydrogen) atoms. The maximum Gasteiger partial charge on any atom is 0.0645 e. The highest BCUT2D eigenvalue weighted by atomic mass is 16.5. The Hall–Kier alpha value is -0.420. The molecule has 0 aliphatic rings. The van der Waals surface area contributed by atoms with Gasteiger partial charge in [0.1, 0.15) is 0 Å². The minimum Gasteiger partial charge on any atom is -0.377 e. The standard InChI is InChI=1S/C9H21N3O/c1-3-4-13-8-9(5-10,6-11)7-12-2/h3,12H,1,4-8,10-11H2,2H3. The summed E-state index contributed by atoms with van der Waals surface area (Å²) in [4.78, 5) is 0. The molecule has 0 spiro atoms. The summed E-state index contributed by atoms with van der Waals surface area (Å²) in [6.45, 7) is 6.53. The van der Waals surface area contributed by atoms with Crippen LogP contribution in [0.3, 0.4) is 0 Å². The maximum absolute atomic E-state index is 5.66. The molecule has 0 rings (SSSR count). The van der Waals surface area contributed by atoms with Crippen molar-refractivity contribution in [3.63, 3.8) is 0 Å². The molecule has 5 N–H and O–H groups in total. The van der Waals surface area contributed by atoms with Crippen molar-refractivity contribution in [2.24, 2.45) is 16.9 Å². The van der Waals surface area contributed by atoms with E-state index in [-0.39, 0.29) is 5.41 Å². The van der Waals surface area contributed by atoms with E-state index in [1.807, 2.05) is 7.05 Å². The monoisotopic (exact) mass is 187 g/mol. The molecule has 0 unspecified atom stereocenters. The Bertz CT molecular complexity index is 135. The van der Waals surface area contributed by atoms with E-state index in [0.717, 1.165) is 6.54 Å². The second kappa shape index (κ2) is 7.03. The van der Waals surface area contributed by atoms with Crippen LogP contribution in [0.5, 0.6) is 0 Å². The first-order valence-electron chi connectivity index (χ1n) is 4.48. The summed E-state index contributed by atoms with van der Waals surface area (Å²) in [5.74, 6) is 0. The summed E-state index contributed by atoms with van der Waals surface area (Å²) in [5, 5.41) is 3.07. The molecule has 0 aromatic heterocycles. The van der Waals surface area contributed by atoms with E-state index >= 15 is 0 Å². The Kier molecular flexibility index (Phi) is 6.80. The van der Waals surface area contributed by atoms with Crippen molar-refractivity contribution in [1.29, 1.82) is 0 Å². The predicted molar refractivity (Wildman–Crippen MR) is 55.5 cm³/mol. The molecule has 0 atom stereocenters. The molecule has 0 fully saturated rings. The van der Waals surface area contributed by atoms with Crippen LogP contribution in [-0.4, -0.2) is 39.9 Å². The first-order chi connectivity index (χ1) is 6.24. The molecule has 0 radical (unpaired) electrons. The highest BCUT2D eigenvalue weighted by Gasteiger charge is 2.26. The predicted octanol–water partition coefficient (Wildman–Crippen LogP) is -0.688. The zero-order valence-corrected chi connectivity index (χ0v) is 8.38. The van der Waals surface area contributed by atoms with E-state index in [1.54, 1.807) is 6.08 Å². The number of hydrogen-bond donors (Lipinski definition) is 3. The van der Waals surface area contributed by atoms with Crippen LogP contribution >= 0.6 is 0 Å². The molecule has 4 nitrogen and oxygen atoms in total. The van der Waals surface area contributed by atoms with Gasteiger partial charge in [-0.25, -0.2) is 0 Å². The molecule has 0 aromatic carbocycles. The Morgan fingerprint density at radius 1 is 1.46 bits per heavy atom. The molecular formula is C9H21N3O. The number of rotatable bonds is 8. The van der Waals surface area contributed by atoms with Crippen molar-refractivity contribution in [1.82, 2.24) is 5.32 Å². The average molecular weight is 187 g/mol. The minimum absolute atomic E-state index is 0.141. The molecule has 0 aliphatic heterocycles. The molecular weight excluding hydrogens is 166 g/mol. The second-order valence-corrected chi connectivity index (χ2v) is 3.24. The van der Waals surface area contributed by atoms with Crippen LogP contribution in [0, 0.1) is 5.41 Å². The van der Waals surface area contributed by atoms with Gasteiger partial charge in [0.25, 0.3) is 0 Å². The SMILES string of the molecule is C=CCOCC(CN)(CN)CNC. The van der Waals surface area contributed by atoms with Gasteiger partial charge in [0.05, 0.1) is 13.2 Å². The lowest BCUT2D eigenvalue weighted by Crippen LogP contribution is -2.48. The summed E-state index contributed by atoms with van der Waals surface area (Å²) >= 11 is 0. The molecule has 0 saturated carbocycles. The third-order valence-corrected chi connectivity index (χ3v) is 2.06. The lowest BCUT2D eigenvalue weighted by atomic mass is 9.89. The van der Waals surface area contributed by atoms with Gasteiger partial charge in [0, 0.05) is 25.0 Å². The summed E-state index contributed by atoms with van der Waals surface area (Å²) in [7, 11) is 1.88. The molecule has 0 saturated heterocycles. The smallest absolute Gasteiger partial charge is 0.0645 e. The van der Waals surface area contributed by atoms with E-state index in [4.69, 9.17) is 16.2 Å². The molecule has 4 heteroatoms. The maximum atomic E-state index is 5.66. The Morgan fingerprint density at radius 3 is 2.46 bits per heavy atom. The van der Waals surface area contributed by atoms with Crippen LogP contribution in [-0.2, 0) is 4.74 Å². The summed E-state index contributed by atoms with van der Waals surface area (Å²) in [5.41, 5.74) is 11.2. The third kappa shape index (κ3) is 4.38. The first kappa shape index (κ1) is 12.6. The fraction of sp³-hybridized carbons (Fsp3) is 0.778. The van der Waals surface area contributed by atoms with Crippen molar-refractivity contribution in [2.75, 3.05) is 39.9 Å². The van der Waals surface area contributed by atoms with Crippen LogP contribution in [0.15, 0.2) is 12.7 Å². The molecule has 0 heterocycles. The van der Waals surface area contributed by atoms with Gasteiger partial charge in [-0.3, -0.25) is 0 Å². The first-order valence-corrected chi connectivity index (χ1v) is 4.48. The van der Waals surface area contributed by atoms with Crippen LogP contribution < -0.4 is 16.8 Å². The average Bonchev–Trinajstić information content (AvgIpc) is 2.17. The zero-order chi connectivity index (χ0) is 10.2. The quantitative estimate of drug-likeness (QED) is 0.347. The van der Waals surface area contributed by atoms with Gasteiger partial charge in [-0.2, -0.15) is 0 Å². The highest BCUT2D eigenvalue weighted by Crippen LogP contribution is 2.12. The van der Waals surface area contributed by atoms with Gasteiger partial charge in [0.2, 0.25) is 0 Å². The highest BCUT2D eigenvalue weighted by molar-refractivity contribution is 4.83. The van der Waals surface area contributed by atoms with Crippen LogP contribution in [0.25, 0.3) is 0 Å². The fourth-order valence-electron chi connectivity index (χ4n) is 1.13. The van der Waals surface area contributed by atoms with Crippen molar-refractivity contribution < 1.29 is 4.74 Å². The summed E-state index contributed by atoms with van der Waals surface area (Å²) in [6.07, 6.45) is 1.72. The third-order valence-electron chi connectivity index (χ3n) is 2.06. The molecule has 0 aromatic rings. The Morgan fingerprint density at radius 2 is 2.08 bits per heavy atom. The normalized spacial score (nSPS) is 11.6. The van der Waals surface area contributed by atoms with Gasteiger partial charge in [-0.15, -0.1) is 6.58 Å². The van der Waals surface area contributed by atoms with Crippen LogP contribution in [0.2, 0.25) is 0 Å². The number of nitrogens with one attached hydrogen (secondary N) is 1. The molecule has 0 amide bonds. The van der Waals surface area contributed by atoms with E-state index in [0.29, 0.717) is 26.3 Å². The number of ether oxygens (including phenoxy) is 1. The molecule has 0 aliphatic carbocycles. The van der Waals surface area contributed by atoms with Crippen molar-refractivity contribution in [2.45, 2.75) is 0 Å². The van der Waals surface area contributed by atoms with Crippen molar-refractivity contribution in [3.8, 4) is 0 Å². The molecule has 78 valence electrons. The Balaban J connectivity index is 3.96. The van der Waals surface area contributed by atoms with Crippen molar-refractivity contribution in [3.05, 3.63) is 12.7 Å². The van der Waals surface area contributed by atoms with Gasteiger partial charge in [0.15, 0.2) is 0 Å². The molecule has 0 bridgehead atoms. The lowest BCUT2D eigenvalue weighted by Gasteiger charge is -2.30. The van der Waals surface area contributed by atoms with E-state index in [1.165, 1.54) is 0 Å². The summed E-state index contributed by atoms with van der Waals surface area (Å²) < 4.78 is 5.36. The minimum atomic E-state index is -0.141. The topological polar surface area (TPSA) is 73.3 Å². The zero-order valence-electron chi connectivity index (χ0n) is 8.38. The van der Waals surface area contributed by atoms with Crippen LogP contribution in [0.4, 0.5) is 0 Å². The lowest BCUT2D eigenvalue weighted by molar-refractivity contribution is 0.0695. The van der Waals surface area contributed by atoms with E-state index in [9.17, 15) is 0 Å². The number of nitrogens with two attached hydrogens (primary N) is 2. The van der Waals surface area contributed by atoms with Crippen molar-refractivity contribution >= 4 is 0 Å². The van der Waals surface area contributed by atoms with Crippen LogP contribution in [0.1, 0.15) is 0 Å². The largest absolute Gasteiger partial charge is 0.377 e. The van der Waals surface area contributed by atoms with Gasteiger partial charge >= 0.3 is 0 Å². The van der Waals surface area contributed by atoms with Gasteiger partial charge < -0.3 is 21.5 Å².